The number of sulfone groups is 1. The van der Waals surface area contributed by atoms with Crippen molar-refractivity contribution in [2.75, 3.05) is 11.5 Å². The molecule has 4 aromatic rings. The zero-order chi connectivity index (χ0) is 16.6. The molecular formula is C16H12N2O3S3. The number of para-hydroxylation sites is 3. The molecule has 24 heavy (non-hydrogen) atoms. The summed E-state index contributed by atoms with van der Waals surface area (Å²) in [7, 11) is -3.54. The Kier molecular flexibility index (Phi) is 4.03. The summed E-state index contributed by atoms with van der Waals surface area (Å²) in [6, 6.07) is 14.9. The molecule has 0 unspecified atom stereocenters. The average Bonchev–Trinajstić information content (AvgIpc) is 3.18. The van der Waals surface area contributed by atoms with Crippen LogP contribution in [0.2, 0.25) is 0 Å². The van der Waals surface area contributed by atoms with Gasteiger partial charge in [0.05, 0.1) is 16.0 Å². The summed E-state index contributed by atoms with van der Waals surface area (Å²) >= 11 is 3.00. The number of thioether (sulfide) groups is 1. The van der Waals surface area contributed by atoms with Gasteiger partial charge in [-0.1, -0.05) is 36.0 Å². The van der Waals surface area contributed by atoms with Gasteiger partial charge in [0.15, 0.2) is 9.92 Å². The van der Waals surface area contributed by atoms with Gasteiger partial charge in [0, 0.05) is 5.75 Å². The van der Waals surface area contributed by atoms with Crippen molar-refractivity contribution >= 4 is 54.3 Å². The summed E-state index contributed by atoms with van der Waals surface area (Å²) < 4.78 is 32.1. The van der Waals surface area contributed by atoms with Crippen LogP contribution in [0.1, 0.15) is 0 Å². The molecule has 2 heterocycles. The molecule has 0 aliphatic carbocycles. The summed E-state index contributed by atoms with van der Waals surface area (Å²) in [5.41, 5.74) is 1.97. The highest BCUT2D eigenvalue weighted by atomic mass is 32.2. The van der Waals surface area contributed by atoms with Crippen molar-refractivity contribution in [2.24, 2.45) is 0 Å². The zero-order valence-corrected chi connectivity index (χ0v) is 14.8. The Hall–Kier alpha value is -1.90. The second-order valence-corrected chi connectivity index (χ2v) is 9.42. The maximum atomic E-state index is 12.4. The Morgan fingerprint density at radius 3 is 2.54 bits per heavy atom. The van der Waals surface area contributed by atoms with Crippen molar-refractivity contribution in [2.45, 2.75) is 9.56 Å². The predicted molar refractivity (Wildman–Crippen MR) is 96.4 cm³/mol. The van der Waals surface area contributed by atoms with Crippen LogP contribution in [-0.4, -0.2) is 29.9 Å². The fourth-order valence-corrected chi connectivity index (χ4v) is 5.85. The number of hydrogen-bond donors (Lipinski definition) is 0. The molecule has 0 aliphatic rings. The quantitative estimate of drug-likeness (QED) is 0.490. The maximum Gasteiger partial charge on any atom is 0.316 e. The average molecular weight is 376 g/mol. The molecule has 0 spiro atoms. The molecule has 2 aromatic heterocycles. The second kappa shape index (κ2) is 6.19. The normalized spacial score (nSPS) is 12.2. The summed E-state index contributed by atoms with van der Waals surface area (Å²) in [4.78, 5) is 8.56. The van der Waals surface area contributed by atoms with E-state index in [-0.39, 0.29) is 11.0 Å². The Balaban J connectivity index is 1.47. The molecule has 0 saturated carbocycles. The third kappa shape index (κ3) is 3.04. The Labute approximate surface area is 146 Å². The van der Waals surface area contributed by atoms with Crippen LogP contribution in [0.5, 0.6) is 0 Å². The van der Waals surface area contributed by atoms with Gasteiger partial charge in [-0.25, -0.2) is 13.4 Å². The van der Waals surface area contributed by atoms with Crippen LogP contribution < -0.4 is 0 Å². The summed E-state index contributed by atoms with van der Waals surface area (Å²) in [6.07, 6.45) is 0. The highest BCUT2D eigenvalue weighted by Crippen LogP contribution is 2.29. The van der Waals surface area contributed by atoms with Gasteiger partial charge >= 0.3 is 5.22 Å². The third-order valence-corrected chi connectivity index (χ3v) is 7.28. The molecule has 8 heteroatoms. The zero-order valence-electron chi connectivity index (χ0n) is 12.4. The van der Waals surface area contributed by atoms with Gasteiger partial charge in [-0.05, 0) is 24.3 Å². The van der Waals surface area contributed by atoms with Crippen molar-refractivity contribution in [3.05, 3.63) is 48.5 Å². The molecule has 0 amide bonds. The first-order valence-electron chi connectivity index (χ1n) is 7.18. The first kappa shape index (κ1) is 15.6. The largest absolute Gasteiger partial charge is 0.428 e. The smallest absolute Gasteiger partial charge is 0.316 e. The highest BCUT2D eigenvalue weighted by Gasteiger charge is 2.22. The van der Waals surface area contributed by atoms with Gasteiger partial charge in [-0.2, -0.15) is 4.98 Å². The molecule has 122 valence electrons. The molecule has 0 saturated heterocycles. The van der Waals surface area contributed by atoms with E-state index in [1.54, 1.807) is 35.6 Å². The molecule has 0 fully saturated rings. The number of rotatable bonds is 5. The van der Waals surface area contributed by atoms with Crippen LogP contribution in [0.15, 0.2) is 62.5 Å². The lowest BCUT2D eigenvalue weighted by atomic mass is 10.3. The van der Waals surface area contributed by atoms with E-state index in [0.717, 1.165) is 14.6 Å². The minimum atomic E-state index is -3.54. The standard InChI is InChI=1S/C16H12N2O3S3/c19-24(20,15-17-11-5-1-3-7-13(11)21-15)10-9-22-16-18-12-6-2-4-8-14(12)23-16/h1-8H,9-10H2. The molecule has 0 radical (unpaired) electrons. The van der Waals surface area contributed by atoms with Crippen molar-refractivity contribution in [1.29, 1.82) is 0 Å². The van der Waals surface area contributed by atoms with Crippen molar-refractivity contribution in [1.82, 2.24) is 9.97 Å². The van der Waals surface area contributed by atoms with E-state index in [0.29, 0.717) is 16.9 Å². The first-order chi connectivity index (χ1) is 11.6. The topological polar surface area (TPSA) is 73.1 Å². The minimum Gasteiger partial charge on any atom is -0.428 e. The predicted octanol–water partition coefficient (Wildman–Crippen LogP) is 4.00. The monoisotopic (exact) mass is 376 g/mol. The molecule has 0 aliphatic heterocycles. The lowest BCUT2D eigenvalue weighted by molar-refractivity contribution is 0.459. The van der Waals surface area contributed by atoms with Crippen molar-refractivity contribution in [3.8, 4) is 0 Å². The Morgan fingerprint density at radius 2 is 1.75 bits per heavy atom. The van der Waals surface area contributed by atoms with Crippen LogP contribution in [0, 0.1) is 0 Å². The SMILES string of the molecule is O=S(=O)(CCSc1nc2ccccc2s1)c1nc2ccccc2o1. The van der Waals surface area contributed by atoms with Crippen LogP contribution in [-0.2, 0) is 9.84 Å². The van der Waals surface area contributed by atoms with Gasteiger partial charge in [0.2, 0.25) is 9.84 Å². The first-order valence-corrected chi connectivity index (χ1v) is 10.6. The lowest BCUT2D eigenvalue weighted by Crippen LogP contribution is -2.09. The Bertz CT molecular complexity index is 1050. The van der Waals surface area contributed by atoms with Gasteiger partial charge in [0.1, 0.15) is 5.52 Å². The van der Waals surface area contributed by atoms with E-state index < -0.39 is 9.84 Å². The number of hydrogen-bond acceptors (Lipinski definition) is 7. The number of fused-ring (bicyclic) bond motifs is 2. The number of aromatic nitrogens is 2. The highest BCUT2D eigenvalue weighted by molar-refractivity contribution is 8.02. The van der Waals surface area contributed by atoms with E-state index in [1.807, 2.05) is 24.3 Å². The summed E-state index contributed by atoms with van der Waals surface area (Å²) in [6.45, 7) is 0. The van der Waals surface area contributed by atoms with E-state index in [2.05, 4.69) is 9.97 Å². The second-order valence-electron chi connectivity index (χ2n) is 5.06. The van der Waals surface area contributed by atoms with Crippen molar-refractivity contribution in [3.63, 3.8) is 0 Å². The van der Waals surface area contributed by atoms with Gasteiger partial charge < -0.3 is 4.42 Å². The Morgan fingerprint density at radius 1 is 1.00 bits per heavy atom. The fourth-order valence-electron chi connectivity index (χ4n) is 2.22. The maximum absolute atomic E-state index is 12.4. The molecule has 5 nitrogen and oxygen atoms in total. The lowest BCUT2D eigenvalue weighted by Gasteiger charge is -1.98. The van der Waals surface area contributed by atoms with E-state index in [4.69, 9.17) is 4.42 Å². The molecule has 4 rings (SSSR count). The molecular weight excluding hydrogens is 364 g/mol. The number of thiazole rings is 1. The van der Waals surface area contributed by atoms with E-state index >= 15 is 0 Å². The van der Waals surface area contributed by atoms with Crippen LogP contribution in [0.3, 0.4) is 0 Å². The minimum absolute atomic E-state index is 0.0413. The van der Waals surface area contributed by atoms with Crippen molar-refractivity contribution < 1.29 is 12.8 Å². The van der Waals surface area contributed by atoms with Crippen LogP contribution >= 0.6 is 23.1 Å². The van der Waals surface area contributed by atoms with Crippen LogP contribution in [0.25, 0.3) is 21.3 Å². The summed E-state index contributed by atoms with van der Waals surface area (Å²) in [5.74, 6) is 0.362. The fraction of sp³-hybridized carbons (Fsp3) is 0.125. The van der Waals surface area contributed by atoms with Gasteiger partial charge in [-0.3, -0.25) is 0 Å². The number of oxazole rings is 1. The van der Waals surface area contributed by atoms with Gasteiger partial charge in [0.25, 0.3) is 0 Å². The summed E-state index contributed by atoms with van der Waals surface area (Å²) in [5, 5.41) is -0.214. The molecule has 0 atom stereocenters. The van der Waals surface area contributed by atoms with E-state index in [9.17, 15) is 8.42 Å². The number of benzene rings is 2. The molecule has 0 bridgehead atoms. The molecule has 2 aromatic carbocycles. The van der Waals surface area contributed by atoms with Crippen LogP contribution in [0.4, 0.5) is 0 Å². The molecule has 0 N–H and O–H groups in total. The third-order valence-electron chi connectivity index (χ3n) is 3.39. The number of nitrogens with zero attached hydrogens (tertiary/aromatic N) is 2. The van der Waals surface area contributed by atoms with Gasteiger partial charge in [-0.15, -0.1) is 11.3 Å². The van der Waals surface area contributed by atoms with E-state index in [1.165, 1.54) is 11.8 Å².